The second kappa shape index (κ2) is 10.5. The molecule has 9 nitrogen and oxygen atoms in total. The van der Waals surface area contributed by atoms with E-state index in [0.29, 0.717) is 37.1 Å². The molecule has 2 aromatic carbocycles. The van der Waals surface area contributed by atoms with Crippen molar-refractivity contribution in [3.05, 3.63) is 118 Å². The Morgan fingerprint density at radius 2 is 1.95 bits per heavy atom. The van der Waals surface area contributed by atoms with Gasteiger partial charge in [-0.1, -0.05) is 41.1 Å². The molecule has 39 heavy (non-hydrogen) atoms. The lowest BCUT2D eigenvalue weighted by Crippen LogP contribution is -2.39. The summed E-state index contributed by atoms with van der Waals surface area (Å²) in [5.74, 6) is 0.0555. The van der Waals surface area contributed by atoms with Crippen molar-refractivity contribution in [3.63, 3.8) is 0 Å². The quantitative estimate of drug-likeness (QED) is 0.186. The number of furan rings is 1. The molecule has 0 saturated heterocycles. The minimum atomic E-state index is -0.944. The average Bonchev–Trinajstić information content (AvgIpc) is 3.50. The smallest absolute Gasteiger partial charge is 0.338 e. The largest absolute Gasteiger partial charge is 0.463 e. The van der Waals surface area contributed by atoms with Crippen molar-refractivity contribution in [2.24, 2.45) is 4.99 Å². The molecule has 1 aliphatic heterocycles. The van der Waals surface area contributed by atoms with E-state index in [0.717, 1.165) is 11.1 Å². The van der Waals surface area contributed by atoms with Crippen molar-refractivity contribution >= 4 is 40.7 Å². The third-order valence-electron chi connectivity index (χ3n) is 6.28. The molecule has 0 fully saturated rings. The van der Waals surface area contributed by atoms with Crippen LogP contribution in [0.4, 0.5) is 5.69 Å². The molecule has 0 radical (unpaired) electrons. The lowest BCUT2D eigenvalue weighted by atomic mass is 10.0. The number of aryl methyl sites for hydroxylation is 1. The standard InChI is InChI=1S/C28H22ClN3O6S/c1-4-37-27(34)24-16(3)30-28-31(26(33)23(39-28)13-17-6-8-18(29)9-7-17)25(24)22-12-11-21(38-22)20-14-19(32(35)36)10-5-15(20)2/h5-14,25H,4H2,1-3H3/b23-13-/t25-/m1/s1. The normalized spacial score (nSPS) is 15.2. The number of carbonyl (C=O) groups is 1. The van der Waals surface area contributed by atoms with E-state index in [1.165, 1.54) is 28.0 Å². The van der Waals surface area contributed by atoms with Gasteiger partial charge in [-0.3, -0.25) is 19.5 Å². The molecular weight excluding hydrogens is 542 g/mol. The molecule has 3 heterocycles. The second-order valence-electron chi connectivity index (χ2n) is 8.81. The summed E-state index contributed by atoms with van der Waals surface area (Å²) in [6.07, 6.45) is 1.74. The fraction of sp³-hybridized carbons (Fsp3) is 0.179. The van der Waals surface area contributed by atoms with Crippen LogP contribution in [0.2, 0.25) is 5.02 Å². The van der Waals surface area contributed by atoms with Gasteiger partial charge in [-0.2, -0.15) is 0 Å². The van der Waals surface area contributed by atoms with Crippen LogP contribution >= 0.6 is 22.9 Å². The van der Waals surface area contributed by atoms with E-state index in [1.807, 2.05) is 6.92 Å². The number of allylic oxidation sites excluding steroid dienone is 1. The highest BCUT2D eigenvalue weighted by Gasteiger charge is 2.35. The van der Waals surface area contributed by atoms with Gasteiger partial charge < -0.3 is 9.15 Å². The number of thiazole rings is 1. The number of carbonyl (C=O) groups excluding carboxylic acids is 1. The average molecular weight is 564 g/mol. The van der Waals surface area contributed by atoms with Crippen LogP contribution in [-0.2, 0) is 9.53 Å². The molecule has 5 rings (SSSR count). The van der Waals surface area contributed by atoms with E-state index in [2.05, 4.69) is 4.99 Å². The predicted molar refractivity (Wildman–Crippen MR) is 147 cm³/mol. The summed E-state index contributed by atoms with van der Waals surface area (Å²) in [4.78, 5) is 42.7. The van der Waals surface area contributed by atoms with Crippen LogP contribution in [0.25, 0.3) is 17.4 Å². The van der Waals surface area contributed by atoms with Gasteiger partial charge in [0, 0.05) is 22.7 Å². The number of aromatic nitrogens is 1. The van der Waals surface area contributed by atoms with Crippen LogP contribution < -0.4 is 14.9 Å². The number of hydrogen-bond acceptors (Lipinski definition) is 8. The SMILES string of the molecule is CCOC(=O)C1=C(C)N=c2s/c(=C\c3ccc(Cl)cc3)c(=O)n2[C@@H]1c1ccc(-c2cc([N+](=O)[O-])ccc2C)o1. The number of esters is 1. The Morgan fingerprint density at radius 3 is 2.64 bits per heavy atom. The van der Waals surface area contributed by atoms with Gasteiger partial charge in [0.25, 0.3) is 11.2 Å². The van der Waals surface area contributed by atoms with E-state index in [1.54, 1.807) is 62.4 Å². The van der Waals surface area contributed by atoms with Crippen molar-refractivity contribution in [3.8, 4) is 11.3 Å². The fourth-order valence-corrected chi connectivity index (χ4v) is 5.58. The highest BCUT2D eigenvalue weighted by atomic mass is 35.5. The number of nitrogens with zero attached hydrogens (tertiary/aromatic N) is 3. The molecule has 0 saturated carbocycles. The Labute approximate surface area is 231 Å². The molecule has 0 N–H and O–H groups in total. The van der Waals surface area contributed by atoms with Crippen LogP contribution in [0.1, 0.15) is 36.8 Å². The first-order valence-electron chi connectivity index (χ1n) is 12.0. The third-order valence-corrected chi connectivity index (χ3v) is 7.51. The maximum Gasteiger partial charge on any atom is 0.338 e. The van der Waals surface area contributed by atoms with Crippen molar-refractivity contribution in [1.29, 1.82) is 0 Å². The molecule has 4 aromatic rings. The van der Waals surface area contributed by atoms with Crippen molar-refractivity contribution < 1.29 is 18.9 Å². The number of nitro benzene ring substituents is 1. The zero-order chi connectivity index (χ0) is 27.8. The van der Waals surface area contributed by atoms with E-state index in [-0.39, 0.29) is 23.4 Å². The first-order valence-corrected chi connectivity index (χ1v) is 13.2. The van der Waals surface area contributed by atoms with Crippen molar-refractivity contribution in [1.82, 2.24) is 4.57 Å². The summed E-state index contributed by atoms with van der Waals surface area (Å²) in [7, 11) is 0. The Kier molecular flexibility index (Phi) is 7.07. The van der Waals surface area contributed by atoms with Gasteiger partial charge in [0.05, 0.1) is 27.3 Å². The van der Waals surface area contributed by atoms with Gasteiger partial charge in [0.15, 0.2) is 4.80 Å². The van der Waals surface area contributed by atoms with Gasteiger partial charge in [0.2, 0.25) is 0 Å². The summed E-state index contributed by atoms with van der Waals surface area (Å²) >= 11 is 7.19. The van der Waals surface area contributed by atoms with Crippen LogP contribution in [0.15, 0.2) is 80.1 Å². The first-order chi connectivity index (χ1) is 18.7. The Morgan fingerprint density at radius 1 is 1.21 bits per heavy atom. The monoisotopic (exact) mass is 563 g/mol. The molecule has 2 aromatic heterocycles. The van der Waals surface area contributed by atoms with Gasteiger partial charge in [-0.25, -0.2) is 9.79 Å². The molecule has 11 heteroatoms. The van der Waals surface area contributed by atoms with E-state index in [4.69, 9.17) is 20.8 Å². The number of rotatable bonds is 6. The summed E-state index contributed by atoms with van der Waals surface area (Å²) < 4.78 is 13.4. The van der Waals surface area contributed by atoms with Crippen LogP contribution in [0, 0.1) is 17.0 Å². The highest BCUT2D eigenvalue weighted by Crippen LogP contribution is 2.36. The van der Waals surface area contributed by atoms with Gasteiger partial charge in [-0.15, -0.1) is 0 Å². The van der Waals surface area contributed by atoms with Gasteiger partial charge in [-0.05, 0) is 62.2 Å². The van der Waals surface area contributed by atoms with Crippen LogP contribution in [-0.4, -0.2) is 22.1 Å². The maximum absolute atomic E-state index is 13.7. The first kappa shape index (κ1) is 26.3. The molecule has 0 unspecified atom stereocenters. The number of halogens is 1. The van der Waals surface area contributed by atoms with E-state index < -0.39 is 16.9 Å². The predicted octanol–water partition coefficient (Wildman–Crippen LogP) is 4.93. The van der Waals surface area contributed by atoms with Crippen LogP contribution in [0.3, 0.4) is 0 Å². The lowest BCUT2D eigenvalue weighted by Gasteiger charge is -2.22. The molecule has 1 atom stereocenters. The zero-order valence-electron chi connectivity index (χ0n) is 21.1. The molecule has 0 spiro atoms. The Balaban J connectivity index is 1.69. The lowest BCUT2D eigenvalue weighted by molar-refractivity contribution is -0.384. The molecule has 0 bridgehead atoms. The molecule has 0 aliphatic carbocycles. The van der Waals surface area contributed by atoms with Crippen molar-refractivity contribution in [2.75, 3.05) is 6.61 Å². The third kappa shape index (κ3) is 4.96. The number of benzene rings is 2. The zero-order valence-corrected chi connectivity index (χ0v) is 22.7. The Hall–Kier alpha value is -4.28. The minimum absolute atomic E-state index is 0.0771. The topological polar surface area (TPSA) is 117 Å². The summed E-state index contributed by atoms with van der Waals surface area (Å²) in [6, 6.07) is 13.9. The van der Waals surface area contributed by atoms with E-state index >= 15 is 0 Å². The Bertz CT molecular complexity index is 1830. The number of non-ortho nitro benzene ring substituents is 1. The second-order valence-corrected chi connectivity index (χ2v) is 10.3. The van der Waals surface area contributed by atoms with E-state index in [9.17, 15) is 19.7 Å². The van der Waals surface area contributed by atoms with Gasteiger partial charge >= 0.3 is 5.97 Å². The number of fused-ring (bicyclic) bond motifs is 1. The summed E-state index contributed by atoms with van der Waals surface area (Å²) in [5, 5.41) is 11.9. The van der Waals surface area contributed by atoms with Crippen LogP contribution in [0.5, 0.6) is 0 Å². The molecule has 0 amide bonds. The summed E-state index contributed by atoms with van der Waals surface area (Å²) in [6.45, 7) is 5.33. The van der Waals surface area contributed by atoms with Gasteiger partial charge in [0.1, 0.15) is 17.6 Å². The summed E-state index contributed by atoms with van der Waals surface area (Å²) in [5.41, 5.74) is 2.24. The number of ether oxygens (including phenoxy) is 1. The van der Waals surface area contributed by atoms with Crippen molar-refractivity contribution in [2.45, 2.75) is 26.8 Å². The fourth-order valence-electron chi connectivity index (χ4n) is 4.40. The number of nitro groups is 1. The molecule has 198 valence electrons. The molecular formula is C28H22ClN3O6S. The minimum Gasteiger partial charge on any atom is -0.463 e. The molecule has 1 aliphatic rings. The maximum atomic E-state index is 13.7. The highest BCUT2D eigenvalue weighted by molar-refractivity contribution is 7.07. The number of hydrogen-bond donors (Lipinski definition) is 0.